The van der Waals surface area contributed by atoms with Crippen LogP contribution >= 0.6 is 11.6 Å². The lowest BCUT2D eigenvalue weighted by molar-refractivity contribution is -0.117. The first-order valence-corrected chi connectivity index (χ1v) is 8.51. The molecule has 6 heteroatoms. The zero-order valence-electron chi connectivity index (χ0n) is 14.2. The van der Waals surface area contributed by atoms with E-state index in [2.05, 4.69) is 10.6 Å². The van der Waals surface area contributed by atoms with Crippen molar-refractivity contribution < 1.29 is 9.59 Å². The van der Waals surface area contributed by atoms with Crippen LogP contribution in [0.1, 0.15) is 17.5 Å². The van der Waals surface area contributed by atoms with Crippen molar-refractivity contribution in [3.05, 3.63) is 58.6 Å². The summed E-state index contributed by atoms with van der Waals surface area (Å²) in [6, 6.07) is 12.3. The third-order valence-electron chi connectivity index (χ3n) is 4.34. The molecule has 2 aromatic rings. The Bertz CT molecular complexity index is 822. The topological polar surface area (TPSA) is 61.4 Å². The number of halogens is 1. The molecule has 3 rings (SSSR count). The number of urea groups is 1. The minimum absolute atomic E-state index is 0.0105. The second-order valence-corrected chi connectivity index (χ2v) is 6.72. The maximum atomic E-state index is 12.3. The van der Waals surface area contributed by atoms with E-state index in [0.29, 0.717) is 17.3 Å². The summed E-state index contributed by atoms with van der Waals surface area (Å²) in [5, 5.41) is 6.13. The predicted octanol–water partition coefficient (Wildman–Crippen LogP) is 3.88. The third kappa shape index (κ3) is 4.12. The molecule has 2 aromatic carbocycles. The molecule has 130 valence electrons. The highest BCUT2D eigenvalue weighted by atomic mass is 35.5. The Labute approximate surface area is 152 Å². The number of anilines is 2. The number of amides is 3. The summed E-state index contributed by atoms with van der Waals surface area (Å²) >= 11 is 5.91. The molecule has 2 N–H and O–H groups in total. The lowest BCUT2D eigenvalue weighted by Gasteiger charge is -2.18. The van der Waals surface area contributed by atoms with E-state index in [1.807, 2.05) is 32.0 Å². The van der Waals surface area contributed by atoms with Gasteiger partial charge in [-0.3, -0.25) is 4.79 Å². The Morgan fingerprint density at radius 3 is 2.68 bits per heavy atom. The molecule has 1 unspecified atom stereocenters. The van der Waals surface area contributed by atoms with Gasteiger partial charge in [-0.2, -0.15) is 0 Å². The van der Waals surface area contributed by atoms with Crippen LogP contribution < -0.4 is 15.5 Å². The smallest absolute Gasteiger partial charge is 0.319 e. The van der Waals surface area contributed by atoms with Gasteiger partial charge < -0.3 is 15.5 Å². The minimum Gasteiger partial charge on any atom is -0.333 e. The van der Waals surface area contributed by atoms with Gasteiger partial charge in [0, 0.05) is 29.4 Å². The van der Waals surface area contributed by atoms with Crippen LogP contribution in [0.3, 0.4) is 0 Å². The van der Waals surface area contributed by atoms with Crippen LogP contribution in [0.25, 0.3) is 0 Å². The molecule has 0 bridgehead atoms. The van der Waals surface area contributed by atoms with Gasteiger partial charge in [-0.25, -0.2) is 4.79 Å². The number of carbonyl (C=O) groups excluding carboxylic acids is 2. The van der Waals surface area contributed by atoms with Crippen molar-refractivity contribution in [1.29, 1.82) is 0 Å². The molecular weight excluding hydrogens is 338 g/mol. The molecule has 5 nitrogen and oxygen atoms in total. The maximum Gasteiger partial charge on any atom is 0.319 e. The summed E-state index contributed by atoms with van der Waals surface area (Å²) in [7, 11) is 0. The first-order valence-electron chi connectivity index (χ1n) is 8.13. The van der Waals surface area contributed by atoms with Gasteiger partial charge >= 0.3 is 6.03 Å². The predicted molar refractivity (Wildman–Crippen MR) is 100 cm³/mol. The Kier molecular flexibility index (Phi) is 4.95. The van der Waals surface area contributed by atoms with Gasteiger partial charge in [0.15, 0.2) is 0 Å². The van der Waals surface area contributed by atoms with E-state index in [-0.39, 0.29) is 24.4 Å². The number of nitrogens with one attached hydrogen (secondary N) is 2. The van der Waals surface area contributed by atoms with E-state index in [9.17, 15) is 9.59 Å². The van der Waals surface area contributed by atoms with Crippen molar-refractivity contribution in [1.82, 2.24) is 5.32 Å². The van der Waals surface area contributed by atoms with Gasteiger partial charge in [0.2, 0.25) is 5.91 Å². The summed E-state index contributed by atoms with van der Waals surface area (Å²) in [5.74, 6) is 0.0105. The zero-order valence-corrected chi connectivity index (χ0v) is 14.9. The van der Waals surface area contributed by atoms with E-state index in [1.165, 1.54) is 5.56 Å². The Morgan fingerprint density at radius 2 is 1.96 bits per heavy atom. The highest BCUT2D eigenvalue weighted by Crippen LogP contribution is 2.24. The van der Waals surface area contributed by atoms with E-state index in [0.717, 1.165) is 11.3 Å². The summed E-state index contributed by atoms with van der Waals surface area (Å²) < 4.78 is 0. The van der Waals surface area contributed by atoms with E-state index < -0.39 is 0 Å². The van der Waals surface area contributed by atoms with Gasteiger partial charge in [-0.05, 0) is 55.3 Å². The Balaban J connectivity index is 1.62. The van der Waals surface area contributed by atoms with Gasteiger partial charge in [-0.1, -0.05) is 23.7 Å². The number of benzene rings is 2. The number of hydrogen-bond donors (Lipinski definition) is 2. The fourth-order valence-electron chi connectivity index (χ4n) is 2.87. The Morgan fingerprint density at radius 1 is 1.16 bits per heavy atom. The lowest BCUT2D eigenvalue weighted by atomic mass is 10.1. The number of nitrogens with zero attached hydrogens (tertiary/aromatic N) is 1. The number of aryl methyl sites for hydroxylation is 2. The molecule has 0 saturated carbocycles. The highest BCUT2D eigenvalue weighted by Gasteiger charge is 2.31. The molecular formula is C19H20ClN3O2. The molecule has 1 aliphatic heterocycles. The molecule has 25 heavy (non-hydrogen) atoms. The van der Waals surface area contributed by atoms with Crippen LogP contribution in [0.2, 0.25) is 5.02 Å². The van der Waals surface area contributed by atoms with Crippen molar-refractivity contribution in [2.75, 3.05) is 16.8 Å². The minimum atomic E-state index is -0.345. The second kappa shape index (κ2) is 7.15. The monoisotopic (exact) mass is 357 g/mol. The quantitative estimate of drug-likeness (QED) is 0.875. The van der Waals surface area contributed by atoms with Gasteiger partial charge in [0.05, 0.1) is 6.04 Å². The number of rotatable bonds is 3. The first kappa shape index (κ1) is 17.3. The van der Waals surface area contributed by atoms with Crippen molar-refractivity contribution >= 4 is 34.9 Å². The molecule has 1 fully saturated rings. The van der Waals surface area contributed by atoms with Crippen molar-refractivity contribution in [2.24, 2.45) is 0 Å². The van der Waals surface area contributed by atoms with Crippen LogP contribution in [0, 0.1) is 13.8 Å². The summed E-state index contributed by atoms with van der Waals surface area (Å²) in [6.45, 7) is 4.52. The van der Waals surface area contributed by atoms with Crippen LogP contribution in [0.4, 0.5) is 16.2 Å². The van der Waals surface area contributed by atoms with Gasteiger partial charge in [-0.15, -0.1) is 0 Å². The average Bonchev–Trinajstić information content (AvgIpc) is 2.90. The molecule has 0 aliphatic carbocycles. The first-order chi connectivity index (χ1) is 11.9. The van der Waals surface area contributed by atoms with E-state index >= 15 is 0 Å². The maximum absolute atomic E-state index is 12.3. The van der Waals surface area contributed by atoms with Crippen LogP contribution in [0.15, 0.2) is 42.5 Å². The van der Waals surface area contributed by atoms with Crippen molar-refractivity contribution in [3.8, 4) is 0 Å². The Hall–Kier alpha value is -2.53. The summed E-state index contributed by atoms with van der Waals surface area (Å²) in [6.07, 6.45) is 0.288. The molecule has 1 aliphatic rings. The molecule has 0 aromatic heterocycles. The van der Waals surface area contributed by atoms with Crippen LogP contribution in [-0.4, -0.2) is 24.5 Å². The fourth-order valence-corrected chi connectivity index (χ4v) is 3.06. The molecule has 3 amide bonds. The molecule has 1 heterocycles. The fraction of sp³-hybridized carbons (Fsp3) is 0.263. The lowest BCUT2D eigenvalue weighted by Crippen LogP contribution is -2.39. The van der Waals surface area contributed by atoms with Crippen LogP contribution in [-0.2, 0) is 4.79 Å². The average molecular weight is 358 g/mol. The standard InChI is InChI=1S/C19H20ClN3O2/c1-12-6-7-17(8-13(12)2)23-11-16(10-18(23)24)22-19(25)21-15-5-3-4-14(20)9-15/h3-9,16H,10-11H2,1-2H3,(H2,21,22,25). The second-order valence-electron chi connectivity index (χ2n) is 6.28. The zero-order chi connectivity index (χ0) is 18.0. The molecule has 0 spiro atoms. The SMILES string of the molecule is Cc1ccc(N2CC(NC(=O)Nc3cccc(Cl)c3)CC2=O)cc1C. The van der Waals surface area contributed by atoms with Gasteiger partial charge in [0.1, 0.15) is 0 Å². The van der Waals surface area contributed by atoms with E-state index in [1.54, 1.807) is 29.2 Å². The normalized spacial score (nSPS) is 16.8. The van der Waals surface area contributed by atoms with Crippen molar-refractivity contribution in [2.45, 2.75) is 26.3 Å². The largest absolute Gasteiger partial charge is 0.333 e. The highest BCUT2D eigenvalue weighted by molar-refractivity contribution is 6.30. The van der Waals surface area contributed by atoms with Crippen molar-refractivity contribution in [3.63, 3.8) is 0 Å². The molecule has 1 atom stereocenters. The molecule has 0 radical (unpaired) electrons. The van der Waals surface area contributed by atoms with Gasteiger partial charge in [0.25, 0.3) is 0 Å². The number of hydrogen-bond acceptors (Lipinski definition) is 2. The third-order valence-corrected chi connectivity index (χ3v) is 4.58. The summed E-state index contributed by atoms with van der Waals surface area (Å²) in [5.41, 5.74) is 3.80. The van der Waals surface area contributed by atoms with E-state index in [4.69, 9.17) is 11.6 Å². The molecule has 1 saturated heterocycles. The number of carbonyl (C=O) groups is 2. The van der Waals surface area contributed by atoms with Crippen LogP contribution in [0.5, 0.6) is 0 Å². The summed E-state index contributed by atoms with van der Waals surface area (Å²) in [4.78, 5) is 26.2.